The van der Waals surface area contributed by atoms with Gasteiger partial charge in [-0.2, -0.15) is 0 Å². The van der Waals surface area contributed by atoms with Crippen molar-refractivity contribution in [3.63, 3.8) is 0 Å². The van der Waals surface area contributed by atoms with E-state index in [4.69, 9.17) is 0 Å². The highest BCUT2D eigenvalue weighted by Crippen LogP contribution is 2.25. The van der Waals surface area contributed by atoms with Crippen molar-refractivity contribution >= 4 is 0 Å². The minimum absolute atomic E-state index is 0.308. The normalized spacial score (nSPS) is 40.3. The van der Waals surface area contributed by atoms with E-state index in [1.165, 1.54) is 6.42 Å². The second-order valence-electron chi connectivity index (χ2n) is 5.90. The Hall–Kier alpha value is -0.160. The highest BCUT2D eigenvalue weighted by Gasteiger charge is 2.39. The van der Waals surface area contributed by atoms with Crippen molar-refractivity contribution in [2.45, 2.75) is 75.7 Å². The molecule has 2 aliphatic rings. The van der Waals surface area contributed by atoms with Gasteiger partial charge in [0.15, 0.2) is 0 Å². The standard InChI is InChI=1S/C14H28N2O2/c17-12-7-3-1-5-9-15-14(11-12)13(18)8-4-2-6-10-16-14/h12-13,15-18H,1-11H2. The molecule has 0 aromatic carbocycles. The fraction of sp³-hybridized carbons (Fsp3) is 1.00. The first-order chi connectivity index (χ1) is 8.73. The summed E-state index contributed by atoms with van der Waals surface area (Å²) >= 11 is 0. The number of hydrogen-bond acceptors (Lipinski definition) is 4. The highest BCUT2D eigenvalue weighted by molar-refractivity contribution is 4.95. The summed E-state index contributed by atoms with van der Waals surface area (Å²) in [4.78, 5) is 0. The molecule has 0 radical (unpaired) electrons. The molecule has 2 aliphatic heterocycles. The number of rotatable bonds is 0. The van der Waals surface area contributed by atoms with Crippen LogP contribution in [0, 0.1) is 0 Å². The zero-order valence-electron chi connectivity index (χ0n) is 11.3. The van der Waals surface area contributed by atoms with Gasteiger partial charge in [-0.3, -0.25) is 10.6 Å². The number of hydrogen-bond donors (Lipinski definition) is 4. The maximum absolute atomic E-state index is 10.5. The molecule has 0 aromatic rings. The summed E-state index contributed by atoms with van der Waals surface area (Å²) < 4.78 is 0. The molecule has 2 saturated heterocycles. The number of aliphatic hydroxyl groups excluding tert-OH is 2. The summed E-state index contributed by atoms with van der Waals surface area (Å²) in [5.74, 6) is 0. The Balaban J connectivity index is 2.09. The smallest absolute Gasteiger partial charge is 0.0978 e. The summed E-state index contributed by atoms with van der Waals surface area (Å²) in [5.41, 5.74) is -0.468. The summed E-state index contributed by atoms with van der Waals surface area (Å²) in [6, 6.07) is 0. The van der Waals surface area contributed by atoms with Crippen molar-refractivity contribution in [2.24, 2.45) is 0 Å². The number of aliphatic hydroxyl groups is 2. The van der Waals surface area contributed by atoms with Crippen LogP contribution in [0.2, 0.25) is 0 Å². The molecule has 4 N–H and O–H groups in total. The van der Waals surface area contributed by atoms with E-state index >= 15 is 0 Å². The zero-order chi connectivity index (χ0) is 12.8. The molecule has 1 spiro atoms. The lowest BCUT2D eigenvalue weighted by Gasteiger charge is -2.42. The molecule has 2 heterocycles. The van der Waals surface area contributed by atoms with Crippen molar-refractivity contribution in [1.29, 1.82) is 0 Å². The van der Waals surface area contributed by atoms with Gasteiger partial charge in [0.25, 0.3) is 0 Å². The summed E-state index contributed by atoms with van der Waals surface area (Å²) in [6.45, 7) is 1.85. The van der Waals surface area contributed by atoms with Crippen LogP contribution in [0.15, 0.2) is 0 Å². The maximum Gasteiger partial charge on any atom is 0.0978 e. The van der Waals surface area contributed by atoms with Crippen LogP contribution in [-0.4, -0.2) is 41.2 Å². The lowest BCUT2D eigenvalue weighted by molar-refractivity contribution is -0.0112. The Morgan fingerprint density at radius 1 is 0.778 bits per heavy atom. The molecule has 3 unspecified atom stereocenters. The zero-order valence-corrected chi connectivity index (χ0v) is 11.3. The van der Waals surface area contributed by atoms with Gasteiger partial charge in [0.2, 0.25) is 0 Å². The van der Waals surface area contributed by atoms with Gasteiger partial charge in [-0.25, -0.2) is 0 Å². The van der Waals surface area contributed by atoms with E-state index in [9.17, 15) is 10.2 Å². The van der Waals surface area contributed by atoms with Crippen LogP contribution >= 0.6 is 0 Å². The maximum atomic E-state index is 10.5. The van der Waals surface area contributed by atoms with E-state index in [1.54, 1.807) is 0 Å². The van der Waals surface area contributed by atoms with E-state index < -0.39 is 11.8 Å². The predicted octanol–water partition coefficient (Wildman–Crippen LogP) is 1.12. The third kappa shape index (κ3) is 3.67. The predicted molar refractivity (Wildman–Crippen MR) is 72.3 cm³/mol. The average molecular weight is 256 g/mol. The minimum atomic E-state index is -0.468. The molecule has 2 fully saturated rings. The number of nitrogens with one attached hydrogen (secondary N) is 2. The minimum Gasteiger partial charge on any atom is -0.393 e. The van der Waals surface area contributed by atoms with Gasteiger partial charge in [0, 0.05) is 6.42 Å². The second kappa shape index (κ2) is 6.85. The molecule has 3 atom stereocenters. The quantitative estimate of drug-likeness (QED) is 0.524. The largest absolute Gasteiger partial charge is 0.393 e. The Kier molecular flexibility index (Phi) is 5.42. The van der Waals surface area contributed by atoms with Crippen molar-refractivity contribution < 1.29 is 10.2 Å². The summed E-state index contributed by atoms with van der Waals surface area (Å²) in [5, 5.41) is 27.6. The molecule has 2 rings (SSSR count). The van der Waals surface area contributed by atoms with Crippen LogP contribution in [0.4, 0.5) is 0 Å². The molecule has 106 valence electrons. The molecule has 0 saturated carbocycles. The Morgan fingerprint density at radius 3 is 2.06 bits per heavy atom. The third-order valence-electron chi connectivity index (χ3n) is 4.38. The van der Waals surface area contributed by atoms with Gasteiger partial charge in [-0.1, -0.05) is 25.7 Å². The second-order valence-corrected chi connectivity index (χ2v) is 5.90. The van der Waals surface area contributed by atoms with E-state index in [-0.39, 0.29) is 6.10 Å². The van der Waals surface area contributed by atoms with Crippen molar-refractivity contribution in [2.75, 3.05) is 13.1 Å². The fourth-order valence-corrected chi connectivity index (χ4v) is 3.24. The molecular weight excluding hydrogens is 228 g/mol. The van der Waals surface area contributed by atoms with Gasteiger partial charge in [0.05, 0.1) is 17.9 Å². The molecule has 4 nitrogen and oxygen atoms in total. The first kappa shape index (κ1) is 14.3. The molecule has 18 heavy (non-hydrogen) atoms. The molecular formula is C14H28N2O2. The molecule has 0 aliphatic carbocycles. The summed E-state index contributed by atoms with van der Waals surface area (Å²) in [7, 11) is 0. The van der Waals surface area contributed by atoms with Crippen molar-refractivity contribution in [3.8, 4) is 0 Å². The van der Waals surface area contributed by atoms with Gasteiger partial charge in [-0.05, 0) is 38.8 Å². The van der Waals surface area contributed by atoms with Gasteiger partial charge in [0.1, 0.15) is 0 Å². The van der Waals surface area contributed by atoms with Gasteiger partial charge >= 0.3 is 0 Å². The molecule has 0 amide bonds. The van der Waals surface area contributed by atoms with E-state index in [2.05, 4.69) is 10.6 Å². The lowest BCUT2D eigenvalue weighted by atomic mass is 9.88. The van der Waals surface area contributed by atoms with Crippen molar-refractivity contribution in [1.82, 2.24) is 10.6 Å². The van der Waals surface area contributed by atoms with Gasteiger partial charge in [-0.15, -0.1) is 0 Å². The fourth-order valence-electron chi connectivity index (χ4n) is 3.24. The Labute approximate surface area is 110 Å². The Morgan fingerprint density at radius 2 is 1.39 bits per heavy atom. The van der Waals surface area contributed by atoms with Crippen LogP contribution in [0.1, 0.15) is 57.8 Å². The van der Waals surface area contributed by atoms with E-state index in [1.807, 2.05) is 0 Å². The van der Waals surface area contributed by atoms with Crippen LogP contribution < -0.4 is 10.6 Å². The van der Waals surface area contributed by atoms with Gasteiger partial charge < -0.3 is 10.2 Å². The van der Waals surface area contributed by atoms with Crippen LogP contribution in [0.5, 0.6) is 0 Å². The third-order valence-corrected chi connectivity index (χ3v) is 4.38. The average Bonchev–Trinajstić information content (AvgIpc) is 2.43. The van der Waals surface area contributed by atoms with E-state index in [0.717, 1.165) is 58.0 Å². The Bertz CT molecular complexity index is 250. The molecule has 0 bridgehead atoms. The topological polar surface area (TPSA) is 64.5 Å². The molecule has 0 aromatic heterocycles. The monoisotopic (exact) mass is 256 g/mol. The first-order valence-corrected chi connectivity index (χ1v) is 7.59. The molecule has 4 heteroatoms. The lowest BCUT2D eigenvalue weighted by Crippen LogP contribution is -2.66. The van der Waals surface area contributed by atoms with Crippen LogP contribution in [-0.2, 0) is 0 Å². The summed E-state index contributed by atoms with van der Waals surface area (Å²) in [6.07, 6.45) is 8.41. The highest BCUT2D eigenvalue weighted by atomic mass is 16.3. The first-order valence-electron chi connectivity index (χ1n) is 7.59. The van der Waals surface area contributed by atoms with E-state index in [0.29, 0.717) is 6.42 Å². The van der Waals surface area contributed by atoms with Crippen LogP contribution in [0.3, 0.4) is 0 Å². The SMILES string of the molecule is OC1CCCCCNC2(C1)NCCCCCC2O. The van der Waals surface area contributed by atoms with Crippen LogP contribution in [0.25, 0.3) is 0 Å². The van der Waals surface area contributed by atoms with Crippen molar-refractivity contribution in [3.05, 3.63) is 0 Å².